The van der Waals surface area contributed by atoms with Crippen molar-refractivity contribution in [1.82, 2.24) is 25.3 Å². The van der Waals surface area contributed by atoms with Gasteiger partial charge in [0.25, 0.3) is 0 Å². The van der Waals surface area contributed by atoms with Crippen LogP contribution >= 0.6 is 0 Å². The molecule has 3 fully saturated rings. The summed E-state index contributed by atoms with van der Waals surface area (Å²) >= 11 is 0. The van der Waals surface area contributed by atoms with Gasteiger partial charge in [0.05, 0.1) is 5.69 Å². The maximum atomic E-state index is 15.8. The number of piperazine rings is 1. The number of fused-ring (bicyclic) bond motifs is 1. The minimum absolute atomic E-state index is 0.129. The number of anilines is 2. The van der Waals surface area contributed by atoms with Crippen molar-refractivity contribution in [2.24, 2.45) is 13.0 Å². The number of benzene rings is 1. The molecule has 1 aromatic heterocycles. The van der Waals surface area contributed by atoms with Crippen molar-refractivity contribution in [3.63, 3.8) is 0 Å². The molecule has 3 aliphatic heterocycles. The highest BCUT2D eigenvalue weighted by Gasteiger charge is 2.38. The monoisotopic (exact) mass is 471 g/mol. The molecule has 3 saturated heterocycles. The van der Waals surface area contributed by atoms with Crippen molar-refractivity contribution in [2.45, 2.75) is 38.6 Å². The number of nitrogens with one attached hydrogen (secondary N) is 2. The van der Waals surface area contributed by atoms with E-state index in [1.54, 1.807) is 13.1 Å². The molecule has 2 aromatic rings. The smallest absolute Gasteiger partial charge is 0.329 e. The zero-order chi connectivity index (χ0) is 24.0. The van der Waals surface area contributed by atoms with Crippen LogP contribution in [-0.4, -0.2) is 78.0 Å². The summed E-state index contributed by atoms with van der Waals surface area (Å²) in [6.45, 7) is 10.4. The third kappa shape index (κ3) is 3.92. The quantitative estimate of drug-likeness (QED) is 0.710. The fourth-order valence-corrected chi connectivity index (χ4v) is 5.82. The van der Waals surface area contributed by atoms with Crippen LogP contribution < -0.4 is 20.4 Å². The van der Waals surface area contributed by atoms with Gasteiger partial charge in [-0.05, 0) is 57.8 Å². The molecule has 184 valence electrons. The Kier molecular flexibility index (Phi) is 5.97. The fraction of sp³-hybridized carbons (Fsp3) is 0.625. The van der Waals surface area contributed by atoms with Gasteiger partial charge in [-0.15, -0.1) is 0 Å². The number of rotatable bonds is 4. The van der Waals surface area contributed by atoms with Gasteiger partial charge in [0.15, 0.2) is 11.6 Å². The third-order valence-electron chi connectivity index (χ3n) is 7.99. The molecule has 10 heteroatoms. The first kappa shape index (κ1) is 23.0. The number of carbonyl (C=O) groups excluding carboxylic acids is 2. The molecule has 2 N–H and O–H groups in total. The predicted octanol–water partition coefficient (Wildman–Crippen LogP) is 2.06. The van der Waals surface area contributed by atoms with E-state index in [0.717, 1.165) is 39.3 Å². The summed E-state index contributed by atoms with van der Waals surface area (Å²) in [5, 5.41) is 10.8. The van der Waals surface area contributed by atoms with Crippen LogP contribution in [0.15, 0.2) is 12.1 Å². The maximum Gasteiger partial charge on any atom is 0.329 e. The van der Waals surface area contributed by atoms with E-state index < -0.39 is 6.03 Å². The molecule has 4 heterocycles. The molecule has 34 heavy (non-hydrogen) atoms. The standard InChI is InChI=1S/C24H34FN7O2/c1-24(2,16-6-9-26-10-7-16)31-14-12-30(13-15-31)18-5-4-17-21(20(18)25)29(3)28-22(17)32-11-8-19(33)27-23(32)34/h4-5,16,26H,6-15H2,1-3H3,(H,27,33,34). The summed E-state index contributed by atoms with van der Waals surface area (Å²) in [5.74, 6) is 0.417. The van der Waals surface area contributed by atoms with Gasteiger partial charge in [-0.3, -0.25) is 24.6 Å². The molecular weight excluding hydrogens is 437 g/mol. The normalized spacial score (nSPS) is 21.4. The number of aromatic nitrogens is 2. The number of imide groups is 1. The van der Waals surface area contributed by atoms with Crippen LogP contribution in [-0.2, 0) is 11.8 Å². The lowest BCUT2D eigenvalue weighted by atomic mass is 9.79. The molecule has 3 aliphatic rings. The number of aryl methyl sites for hydroxylation is 1. The van der Waals surface area contributed by atoms with Gasteiger partial charge in [-0.1, -0.05) is 0 Å². The van der Waals surface area contributed by atoms with Crippen LogP contribution in [0.3, 0.4) is 0 Å². The van der Waals surface area contributed by atoms with E-state index in [2.05, 4.69) is 39.4 Å². The lowest BCUT2D eigenvalue weighted by molar-refractivity contribution is -0.120. The summed E-state index contributed by atoms with van der Waals surface area (Å²) in [7, 11) is 1.69. The van der Waals surface area contributed by atoms with E-state index in [1.807, 2.05) is 6.07 Å². The molecule has 5 rings (SSSR count). The van der Waals surface area contributed by atoms with Gasteiger partial charge in [0, 0.05) is 57.1 Å². The van der Waals surface area contributed by atoms with Gasteiger partial charge in [0.2, 0.25) is 5.91 Å². The fourth-order valence-electron chi connectivity index (χ4n) is 5.82. The summed E-state index contributed by atoms with van der Waals surface area (Å²) in [5.41, 5.74) is 1.07. The number of hydrogen-bond acceptors (Lipinski definition) is 6. The molecule has 0 aliphatic carbocycles. The number of carbonyl (C=O) groups is 2. The molecule has 0 radical (unpaired) electrons. The zero-order valence-corrected chi connectivity index (χ0v) is 20.2. The molecule has 9 nitrogen and oxygen atoms in total. The van der Waals surface area contributed by atoms with Crippen LogP contribution in [0.5, 0.6) is 0 Å². The number of hydrogen-bond donors (Lipinski definition) is 2. The summed E-state index contributed by atoms with van der Waals surface area (Å²) in [6.07, 6.45) is 2.59. The second-order valence-electron chi connectivity index (χ2n) is 10.1. The van der Waals surface area contributed by atoms with Gasteiger partial charge < -0.3 is 10.2 Å². The molecule has 0 spiro atoms. The number of nitrogens with zero attached hydrogens (tertiary/aromatic N) is 5. The maximum absolute atomic E-state index is 15.8. The van der Waals surface area contributed by atoms with Gasteiger partial charge in [-0.2, -0.15) is 5.10 Å². The topological polar surface area (TPSA) is 85.7 Å². The molecular formula is C24H34FN7O2. The first-order valence-electron chi connectivity index (χ1n) is 12.2. The van der Waals surface area contributed by atoms with Crippen LogP contribution in [0.25, 0.3) is 10.9 Å². The molecule has 0 atom stereocenters. The Bertz CT molecular complexity index is 1100. The van der Waals surface area contributed by atoms with Gasteiger partial charge in [-0.25, -0.2) is 9.18 Å². The van der Waals surface area contributed by atoms with E-state index in [9.17, 15) is 9.59 Å². The van der Waals surface area contributed by atoms with Gasteiger partial charge >= 0.3 is 6.03 Å². The Labute approximate surface area is 199 Å². The number of urea groups is 1. The van der Waals surface area contributed by atoms with E-state index in [-0.39, 0.29) is 30.2 Å². The number of halogens is 1. The Hall–Kier alpha value is -2.72. The van der Waals surface area contributed by atoms with Crippen molar-refractivity contribution in [3.8, 4) is 0 Å². The summed E-state index contributed by atoms with van der Waals surface area (Å²) < 4.78 is 17.3. The second kappa shape index (κ2) is 8.81. The third-order valence-corrected chi connectivity index (χ3v) is 7.99. The summed E-state index contributed by atoms with van der Waals surface area (Å²) in [4.78, 5) is 29.9. The van der Waals surface area contributed by atoms with E-state index in [4.69, 9.17) is 0 Å². The molecule has 3 amide bonds. The SMILES string of the molecule is Cn1nc(N2CCC(=O)NC2=O)c2ccc(N3CCN(C(C)(C)C4CCNCC4)CC3)c(F)c21. The number of piperidine rings is 1. The Morgan fingerprint density at radius 2 is 1.76 bits per heavy atom. The Morgan fingerprint density at radius 3 is 2.44 bits per heavy atom. The highest BCUT2D eigenvalue weighted by atomic mass is 19.1. The highest BCUT2D eigenvalue weighted by Crippen LogP contribution is 2.36. The van der Waals surface area contributed by atoms with Crippen molar-refractivity contribution in [1.29, 1.82) is 0 Å². The first-order chi connectivity index (χ1) is 16.3. The van der Waals surface area contributed by atoms with Gasteiger partial charge in [0.1, 0.15) is 5.52 Å². The zero-order valence-electron chi connectivity index (χ0n) is 20.2. The lowest BCUT2D eigenvalue weighted by Gasteiger charge is -2.49. The molecule has 0 unspecified atom stereocenters. The molecule has 1 aromatic carbocycles. The van der Waals surface area contributed by atoms with Crippen molar-refractivity contribution in [2.75, 3.05) is 55.6 Å². The van der Waals surface area contributed by atoms with Crippen molar-refractivity contribution in [3.05, 3.63) is 17.9 Å². The average molecular weight is 472 g/mol. The molecule has 0 saturated carbocycles. The van der Waals surface area contributed by atoms with Crippen LogP contribution in [0, 0.1) is 11.7 Å². The van der Waals surface area contributed by atoms with E-state index in [1.165, 1.54) is 22.4 Å². The largest absolute Gasteiger partial charge is 0.367 e. The minimum Gasteiger partial charge on any atom is -0.367 e. The van der Waals surface area contributed by atoms with E-state index in [0.29, 0.717) is 28.3 Å². The Morgan fingerprint density at radius 1 is 1.06 bits per heavy atom. The van der Waals surface area contributed by atoms with Crippen LogP contribution in [0.1, 0.15) is 33.1 Å². The lowest BCUT2D eigenvalue weighted by Crippen LogP contribution is -2.58. The average Bonchev–Trinajstić information content (AvgIpc) is 3.17. The Balaban J connectivity index is 1.35. The first-order valence-corrected chi connectivity index (χ1v) is 12.2. The second-order valence-corrected chi connectivity index (χ2v) is 10.1. The van der Waals surface area contributed by atoms with Crippen LogP contribution in [0.2, 0.25) is 0 Å². The summed E-state index contributed by atoms with van der Waals surface area (Å²) in [6, 6.07) is 3.11. The van der Waals surface area contributed by atoms with Crippen molar-refractivity contribution < 1.29 is 14.0 Å². The van der Waals surface area contributed by atoms with Crippen molar-refractivity contribution >= 4 is 34.3 Å². The highest BCUT2D eigenvalue weighted by molar-refractivity contribution is 6.09. The molecule has 0 bridgehead atoms. The minimum atomic E-state index is -0.520. The number of amides is 3. The van der Waals surface area contributed by atoms with Crippen LogP contribution in [0.4, 0.5) is 20.7 Å². The van der Waals surface area contributed by atoms with E-state index >= 15 is 4.39 Å². The predicted molar refractivity (Wildman–Crippen MR) is 130 cm³/mol.